The van der Waals surface area contributed by atoms with Crippen molar-refractivity contribution in [3.63, 3.8) is 0 Å². The number of hydrogen-bond acceptors (Lipinski definition) is 7. The number of aliphatic hydroxyl groups is 1. The van der Waals surface area contributed by atoms with Crippen molar-refractivity contribution in [3.05, 3.63) is 16.1 Å². The normalized spacial score (nSPS) is 19.7. The second-order valence-electron chi connectivity index (χ2n) is 9.45. The Morgan fingerprint density at radius 1 is 1.36 bits per heavy atom. The van der Waals surface area contributed by atoms with Crippen LogP contribution in [0.15, 0.2) is 5.38 Å². The van der Waals surface area contributed by atoms with E-state index < -0.39 is 12.8 Å². The molecule has 33 heavy (non-hydrogen) atoms. The lowest BCUT2D eigenvalue weighted by molar-refractivity contribution is -0.146. The number of carbonyl (C=O) groups is 3. The molecule has 0 aliphatic carbocycles. The SMILES string of the molecule is CCC(C)[C@H](NC(=O)[C@H]1CCCCN1C)C(=O)N(CO)[C@H](CCc1nc(C=O)cs1)C(C)C. The van der Waals surface area contributed by atoms with Gasteiger partial charge in [-0.2, -0.15) is 0 Å². The van der Waals surface area contributed by atoms with E-state index in [4.69, 9.17) is 0 Å². The third-order valence-electron chi connectivity index (χ3n) is 6.80. The number of nitrogens with zero attached hydrogens (tertiary/aromatic N) is 3. The number of thiazole rings is 1. The van der Waals surface area contributed by atoms with Crippen LogP contribution in [-0.4, -0.2) is 76.4 Å². The van der Waals surface area contributed by atoms with E-state index in [0.717, 1.165) is 43.5 Å². The highest BCUT2D eigenvalue weighted by Gasteiger charge is 2.36. The van der Waals surface area contributed by atoms with Gasteiger partial charge in [-0.3, -0.25) is 19.3 Å². The van der Waals surface area contributed by atoms with Crippen molar-refractivity contribution in [3.8, 4) is 0 Å². The summed E-state index contributed by atoms with van der Waals surface area (Å²) < 4.78 is 0. The number of likely N-dealkylation sites (tertiary alicyclic amines) is 1. The quantitative estimate of drug-likeness (QED) is 0.352. The average Bonchev–Trinajstić information content (AvgIpc) is 3.27. The first-order chi connectivity index (χ1) is 15.7. The molecule has 0 aromatic carbocycles. The van der Waals surface area contributed by atoms with Gasteiger partial charge in [0.2, 0.25) is 11.8 Å². The molecule has 9 heteroatoms. The van der Waals surface area contributed by atoms with Gasteiger partial charge >= 0.3 is 0 Å². The summed E-state index contributed by atoms with van der Waals surface area (Å²) in [6.07, 6.45) is 5.56. The van der Waals surface area contributed by atoms with Gasteiger partial charge in [-0.05, 0) is 44.7 Å². The monoisotopic (exact) mass is 480 g/mol. The highest BCUT2D eigenvalue weighted by atomic mass is 32.1. The lowest BCUT2D eigenvalue weighted by atomic mass is 9.93. The third kappa shape index (κ3) is 7.32. The van der Waals surface area contributed by atoms with Gasteiger partial charge in [-0.1, -0.05) is 40.5 Å². The van der Waals surface area contributed by atoms with Crippen molar-refractivity contribution in [2.24, 2.45) is 11.8 Å². The van der Waals surface area contributed by atoms with Gasteiger partial charge in [0, 0.05) is 17.8 Å². The number of nitrogens with one attached hydrogen (secondary N) is 1. The Labute approximate surface area is 201 Å². The molecule has 1 unspecified atom stereocenters. The van der Waals surface area contributed by atoms with Crippen molar-refractivity contribution in [1.29, 1.82) is 0 Å². The molecule has 0 saturated carbocycles. The number of rotatable bonds is 12. The molecule has 1 aliphatic rings. The number of aliphatic hydroxyl groups excluding tert-OH is 1. The second kappa shape index (κ2) is 13.2. The zero-order chi connectivity index (χ0) is 24.5. The summed E-state index contributed by atoms with van der Waals surface area (Å²) in [4.78, 5) is 45.5. The van der Waals surface area contributed by atoms with Gasteiger partial charge in [-0.25, -0.2) is 4.98 Å². The van der Waals surface area contributed by atoms with E-state index in [-0.39, 0.29) is 35.7 Å². The van der Waals surface area contributed by atoms with Crippen molar-refractivity contribution in [1.82, 2.24) is 20.1 Å². The van der Waals surface area contributed by atoms with E-state index in [1.165, 1.54) is 16.2 Å². The molecule has 1 saturated heterocycles. The standard InChI is InChI=1S/C24H40N4O4S/c1-6-17(4)22(26-23(31)20-9-7-8-12-27(20)5)24(32)28(15-30)19(16(2)3)10-11-21-25-18(13-29)14-33-21/h13-14,16-17,19-20,22,30H,6-12,15H2,1-5H3,(H,26,31)/t17?,19-,20-,22+/m1/s1. The molecule has 0 spiro atoms. The average molecular weight is 481 g/mol. The Morgan fingerprint density at radius 2 is 2.09 bits per heavy atom. The van der Waals surface area contributed by atoms with Crippen LogP contribution in [-0.2, 0) is 16.0 Å². The van der Waals surface area contributed by atoms with Gasteiger partial charge in [0.15, 0.2) is 6.29 Å². The summed E-state index contributed by atoms with van der Waals surface area (Å²) in [5.41, 5.74) is 0.415. The van der Waals surface area contributed by atoms with Crippen molar-refractivity contribution in [2.45, 2.75) is 84.3 Å². The maximum absolute atomic E-state index is 13.7. The number of carbonyl (C=O) groups excluding carboxylic acids is 3. The van der Waals surface area contributed by atoms with Crippen LogP contribution in [0.4, 0.5) is 0 Å². The van der Waals surface area contributed by atoms with Gasteiger partial charge in [0.1, 0.15) is 18.5 Å². The molecule has 2 amide bonds. The Balaban J connectivity index is 2.16. The van der Waals surface area contributed by atoms with Crippen LogP contribution in [0.25, 0.3) is 0 Å². The summed E-state index contributed by atoms with van der Waals surface area (Å²) in [6, 6.07) is -1.13. The molecule has 186 valence electrons. The lowest BCUT2D eigenvalue weighted by Gasteiger charge is -2.38. The smallest absolute Gasteiger partial charge is 0.247 e. The highest BCUT2D eigenvalue weighted by Crippen LogP contribution is 2.23. The largest absolute Gasteiger partial charge is 0.376 e. The molecular weight excluding hydrogens is 440 g/mol. The van der Waals surface area contributed by atoms with E-state index in [2.05, 4.69) is 15.2 Å². The van der Waals surface area contributed by atoms with Crippen molar-refractivity contribution >= 4 is 29.4 Å². The van der Waals surface area contributed by atoms with Gasteiger partial charge < -0.3 is 15.3 Å². The minimum Gasteiger partial charge on any atom is -0.376 e. The molecule has 1 fully saturated rings. The van der Waals surface area contributed by atoms with Gasteiger partial charge in [0.25, 0.3) is 0 Å². The first-order valence-electron chi connectivity index (χ1n) is 12.0. The zero-order valence-corrected chi connectivity index (χ0v) is 21.4. The summed E-state index contributed by atoms with van der Waals surface area (Å²) in [6.45, 7) is 8.47. The first-order valence-corrected chi connectivity index (χ1v) is 12.9. The fourth-order valence-corrected chi connectivity index (χ4v) is 5.23. The van der Waals surface area contributed by atoms with E-state index in [0.29, 0.717) is 18.5 Å². The van der Waals surface area contributed by atoms with Crippen molar-refractivity contribution < 1.29 is 19.5 Å². The number of aldehydes is 1. The van der Waals surface area contributed by atoms with Crippen LogP contribution >= 0.6 is 11.3 Å². The van der Waals surface area contributed by atoms with Crippen molar-refractivity contribution in [2.75, 3.05) is 20.3 Å². The maximum Gasteiger partial charge on any atom is 0.247 e. The van der Waals surface area contributed by atoms with Crippen LogP contribution in [0.1, 0.15) is 75.3 Å². The third-order valence-corrected chi connectivity index (χ3v) is 7.73. The number of aryl methyl sites for hydroxylation is 1. The summed E-state index contributed by atoms with van der Waals surface area (Å²) in [7, 11) is 1.95. The molecule has 2 N–H and O–H groups in total. The number of hydrogen-bond donors (Lipinski definition) is 2. The Morgan fingerprint density at radius 3 is 2.64 bits per heavy atom. The van der Waals surface area contributed by atoms with Crippen LogP contribution in [0.5, 0.6) is 0 Å². The molecule has 1 aliphatic heterocycles. The minimum atomic E-state index is -0.687. The lowest BCUT2D eigenvalue weighted by Crippen LogP contribution is -2.58. The Hall–Kier alpha value is -1.84. The van der Waals surface area contributed by atoms with E-state index in [1.807, 2.05) is 34.7 Å². The Kier molecular flexibility index (Phi) is 10.9. The maximum atomic E-state index is 13.7. The highest BCUT2D eigenvalue weighted by molar-refractivity contribution is 7.09. The van der Waals surface area contributed by atoms with Gasteiger partial charge in [0.05, 0.1) is 11.0 Å². The predicted octanol–water partition coefficient (Wildman–Crippen LogP) is 2.71. The number of amides is 2. The summed E-state index contributed by atoms with van der Waals surface area (Å²) in [5.74, 6) is -0.320. The molecule has 1 aromatic heterocycles. The molecular formula is C24H40N4O4S. The molecule has 1 aromatic rings. The van der Waals surface area contributed by atoms with E-state index in [9.17, 15) is 19.5 Å². The van der Waals surface area contributed by atoms with Crippen LogP contribution in [0.2, 0.25) is 0 Å². The van der Waals surface area contributed by atoms with Crippen LogP contribution in [0.3, 0.4) is 0 Å². The molecule has 8 nitrogen and oxygen atoms in total. The van der Waals surface area contributed by atoms with Crippen LogP contribution < -0.4 is 5.32 Å². The number of likely N-dealkylation sites (N-methyl/N-ethyl adjacent to an activating group) is 1. The molecule has 0 bridgehead atoms. The molecule has 2 heterocycles. The molecule has 4 atom stereocenters. The first kappa shape index (κ1) is 27.4. The number of aromatic nitrogens is 1. The summed E-state index contributed by atoms with van der Waals surface area (Å²) >= 11 is 1.42. The zero-order valence-electron chi connectivity index (χ0n) is 20.6. The van der Waals surface area contributed by atoms with Crippen LogP contribution in [0, 0.1) is 11.8 Å². The minimum absolute atomic E-state index is 0.0636. The molecule has 2 rings (SSSR count). The second-order valence-corrected chi connectivity index (χ2v) is 10.4. The summed E-state index contributed by atoms with van der Waals surface area (Å²) in [5, 5.41) is 15.8. The molecule has 0 radical (unpaired) electrons. The Bertz CT molecular complexity index is 784. The predicted molar refractivity (Wildman–Crippen MR) is 130 cm³/mol. The number of piperidine rings is 1. The van der Waals surface area contributed by atoms with E-state index >= 15 is 0 Å². The van der Waals surface area contributed by atoms with E-state index in [1.54, 1.807) is 5.38 Å². The fourth-order valence-electron chi connectivity index (χ4n) is 4.47. The topological polar surface area (TPSA) is 103 Å². The fraction of sp³-hybridized carbons (Fsp3) is 0.750. The van der Waals surface area contributed by atoms with Gasteiger partial charge in [-0.15, -0.1) is 11.3 Å².